The van der Waals surface area contributed by atoms with Gasteiger partial charge in [-0.3, -0.25) is 0 Å². The predicted molar refractivity (Wildman–Crippen MR) is 630 cm³/mol. The van der Waals surface area contributed by atoms with Crippen LogP contribution in [-0.2, 0) is 5.41 Å². The minimum absolute atomic E-state index is 0.0876. The number of rotatable bonds is 6. The highest BCUT2D eigenvalue weighted by atomic mass is 16.4. The van der Waals surface area contributed by atoms with Crippen LogP contribution in [0.1, 0.15) is 331 Å². The van der Waals surface area contributed by atoms with E-state index in [9.17, 15) is 0 Å². The number of pyridine rings is 5. The molecule has 0 N–H and O–H groups in total. The second-order valence-electron chi connectivity index (χ2n) is 52.7. The van der Waals surface area contributed by atoms with Crippen LogP contribution in [0.5, 0.6) is 0 Å². The summed E-state index contributed by atoms with van der Waals surface area (Å²) in [5, 5.41) is 11.6. The molecule has 150 heavy (non-hydrogen) atoms. The van der Waals surface area contributed by atoms with Crippen LogP contribution < -0.4 is 29.4 Å². The standard InChI is InChI=1S/C25H32N2O.C25H31NO.C24H30N2O.C22H28N2O.C21H26N2O.C17H20N2/c1-16-9-11-19-20-12-10-17(2)26-23(20)28-22(19)21(16)27-18(3)25(15-24(27,4)5)13-7-6-8-14-25;1-17-12-13-20-19-10-6-7-11-21(19)27-23(20)22(17)26-18(2)25(16-24(26,3)4)14-8-5-9-15-25;1-16-10-11-18-19-9-8-14-25-22(19)27-21(18)20(16)26-17(2)24(15-23(26,3)4)12-6-5-7-13-24;1-13-8-10-16-17-11-9-14(2)23-20(17)25-19(16)18(13)24-15(3)21(4,5)12-22(24,6)7;1-13-9-10-15-16-8-7-11-22-19(16)24-18(15)17(13)23-14(2)20(3,4)12-21(23,5)6;1-12-8-5-6-10-15(12)19-13(2)17(3,4)14-9-7-11-18-16(14)19/h9-12,18H,6-8,13-15H2,1-5H3;6-7,10-13,18H,5,8-9,14-16H2,1-4H3;8-11,14,17H,5-7,12-13,15H2,1-4H3;8-11,15H,12H2,1-7H3;7-11,14H,12H2,1-6H3;5-11,13H,1-4H3. The van der Waals surface area contributed by atoms with Gasteiger partial charge in [0.1, 0.15) is 11.4 Å². The van der Waals surface area contributed by atoms with Crippen molar-refractivity contribution in [2.45, 2.75) is 405 Å². The highest BCUT2D eigenvalue weighted by molar-refractivity contribution is 6.13. The summed E-state index contributed by atoms with van der Waals surface area (Å²) in [6.45, 7) is 69.7. The van der Waals surface area contributed by atoms with E-state index in [0.717, 1.165) is 119 Å². The largest absolute Gasteiger partial charge is 0.454 e. The van der Waals surface area contributed by atoms with Gasteiger partial charge in [0.05, 0.1) is 28.4 Å². The minimum Gasteiger partial charge on any atom is -0.454 e. The first kappa shape index (κ1) is 104. The zero-order valence-corrected chi connectivity index (χ0v) is 96.0. The number of fused-ring (bicyclic) bond motifs is 16. The van der Waals surface area contributed by atoms with Crippen molar-refractivity contribution in [2.75, 3.05) is 29.4 Å². The third-order valence-electron chi connectivity index (χ3n) is 39.1. The molecule has 0 bridgehead atoms. The molecule has 10 aromatic heterocycles. The van der Waals surface area contributed by atoms with Crippen molar-refractivity contribution in [3.63, 3.8) is 0 Å². The van der Waals surface area contributed by atoms with E-state index in [0.29, 0.717) is 52.5 Å². The SMILES string of the molecule is Cc1ccc2c(n1)oc1c(N3C(C)C(C)(C)CC3(C)C)c(C)ccc12.Cc1ccc2c(n1)oc1c(N3C(C)C4(CCCCC4)CC3(C)C)c(C)ccc12.Cc1ccc2c(oc3ccccc32)c1N1C(C)C2(CCCCC2)CC1(C)C.Cc1ccc2c(oc3ncccc32)c1N1C(C)C(C)(C)CC1(C)C.Cc1ccc2c(oc3ncccc32)c1N1C(C)C2(CCCCC2)CC1(C)C.Cc1ccccc1N1c2ncccc2C(C)(C)C1C. The quantitative estimate of drug-likeness (QED) is 0.155. The molecule has 26 rings (SSSR count). The van der Waals surface area contributed by atoms with Crippen molar-refractivity contribution in [3.8, 4) is 0 Å². The second-order valence-corrected chi connectivity index (χ2v) is 52.7. The molecule has 788 valence electrons. The highest BCUT2D eigenvalue weighted by Crippen LogP contribution is 2.63. The van der Waals surface area contributed by atoms with Crippen LogP contribution in [0, 0.1) is 82.5 Å². The van der Waals surface area contributed by atoms with E-state index in [2.05, 4.69) is 400 Å². The number of aromatic nitrogens is 5. The van der Waals surface area contributed by atoms with Crippen molar-refractivity contribution in [3.05, 3.63) is 239 Å². The number of benzene rings is 7. The van der Waals surface area contributed by atoms with Crippen LogP contribution in [-0.4, -0.2) is 88.9 Å². The molecule has 7 aromatic carbocycles. The van der Waals surface area contributed by atoms with Crippen molar-refractivity contribution in [1.29, 1.82) is 0 Å². The molecule has 17 aromatic rings. The van der Waals surface area contributed by atoms with Gasteiger partial charge >= 0.3 is 0 Å². The topological polar surface area (TPSA) is 150 Å². The fourth-order valence-electron chi connectivity index (χ4n) is 31.8. The fourth-order valence-corrected chi connectivity index (χ4v) is 31.8. The van der Waals surface area contributed by atoms with Gasteiger partial charge in [-0.15, -0.1) is 0 Å². The highest BCUT2D eigenvalue weighted by Gasteiger charge is 2.59. The average Bonchev–Trinajstić information content (AvgIpc) is 1.57. The van der Waals surface area contributed by atoms with E-state index in [1.54, 1.807) is 6.20 Å². The van der Waals surface area contributed by atoms with E-state index >= 15 is 0 Å². The Morgan fingerprint density at radius 2 is 0.547 bits per heavy atom. The third-order valence-corrected chi connectivity index (χ3v) is 39.1. The normalized spacial score (nSPS) is 23.1. The maximum atomic E-state index is 6.45. The van der Waals surface area contributed by atoms with Crippen LogP contribution in [0.4, 0.5) is 39.9 Å². The molecule has 6 aliphatic heterocycles. The summed E-state index contributed by atoms with van der Waals surface area (Å²) < 4.78 is 31.8. The third kappa shape index (κ3) is 17.4. The first-order valence-corrected chi connectivity index (χ1v) is 56.9. The molecule has 3 saturated carbocycles. The van der Waals surface area contributed by atoms with Gasteiger partial charge in [0.25, 0.3) is 0 Å². The summed E-state index contributed by atoms with van der Waals surface area (Å²) >= 11 is 0. The van der Waals surface area contributed by atoms with Gasteiger partial charge in [0.2, 0.25) is 22.9 Å². The lowest BCUT2D eigenvalue weighted by atomic mass is 9.68. The van der Waals surface area contributed by atoms with E-state index in [1.165, 1.54) is 210 Å². The summed E-state index contributed by atoms with van der Waals surface area (Å²) in [4.78, 5) is 38.4. The van der Waals surface area contributed by atoms with Gasteiger partial charge in [-0.2, -0.15) is 0 Å². The molecule has 3 spiro atoms. The van der Waals surface area contributed by atoms with Gasteiger partial charge in [-0.1, -0.05) is 202 Å². The van der Waals surface area contributed by atoms with Gasteiger partial charge < -0.3 is 51.5 Å². The lowest BCUT2D eigenvalue weighted by Crippen LogP contribution is -2.44. The lowest BCUT2D eigenvalue weighted by Gasteiger charge is -2.41. The Morgan fingerprint density at radius 1 is 0.253 bits per heavy atom. The Labute approximate surface area is 892 Å². The van der Waals surface area contributed by atoms with E-state index < -0.39 is 0 Å². The van der Waals surface area contributed by atoms with Crippen LogP contribution in [0.25, 0.3) is 110 Å². The zero-order chi connectivity index (χ0) is 106. The molecule has 16 heteroatoms. The number of para-hydroxylation sites is 2. The maximum absolute atomic E-state index is 6.45. The Kier molecular flexibility index (Phi) is 26.2. The molecule has 6 atom stereocenters. The maximum Gasteiger partial charge on any atom is 0.227 e. The van der Waals surface area contributed by atoms with E-state index in [-0.39, 0.29) is 43.9 Å². The van der Waals surface area contributed by atoms with Crippen LogP contribution in [0.3, 0.4) is 0 Å². The molecule has 9 aliphatic rings. The molecule has 16 heterocycles. The summed E-state index contributed by atoms with van der Waals surface area (Å²) in [6, 6.07) is 63.0. The van der Waals surface area contributed by atoms with Crippen molar-refractivity contribution < 1.29 is 22.1 Å². The summed E-state index contributed by atoms with van der Waals surface area (Å²) in [5.74, 6) is 1.11. The minimum atomic E-state index is 0.0876. The van der Waals surface area contributed by atoms with Crippen LogP contribution in [0.15, 0.2) is 211 Å². The average molecular weight is 2010 g/mol. The summed E-state index contributed by atoms with van der Waals surface area (Å²) in [7, 11) is 0. The van der Waals surface area contributed by atoms with Crippen molar-refractivity contribution in [1.82, 2.24) is 24.9 Å². The first-order chi connectivity index (χ1) is 71.1. The van der Waals surface area contributed by atoms with Crippen LogP contribution in [0.2, 0.25) is 0 Å². The molecule has 0 radical (unpaired) electrons. The number of anilines is 7. The number of hydrogen-bond donors (Lipinski definition) is 0. The smallest absolute Gasteiger partial charge is 0.227 e. The molecule has 3 aliphatic carbocycles. The second kappa shape index (κ2) is 37.8. The Bertz CT molecular complexity index is 7840. The van der Waals surface area contributed by atoms with Gasteiger partial charge in [0, 0.05) is 164 Å². The number of aryl methyl sites for hydroxylation is 8. The summed E-state index contributed by atoms with van der Waals surface area (Å²) in [6.07, 6.45) is 32.4. The van der Waals surface area contributed by atoms with Crippen molar-refractivity contribution in [2.24, 2.45) is 27.1 Å². The first-order valence-electron chi connectivity index (χ1n) is 56.9. The Balaban J connectivity index is 0.000000105. The van der Waals surface area contributed by atoms with Gasteiger partial charge in [-0.25, -0.2) is 24.9 Å². The Hall–Kier alpha value is -11.9. The molecular formula is C134H167N11O5. The number of hydrogen-bond acceptors (Lipinski definition) is 16. The predicted octanol–water partition coefficient (Wildman–Crippen LogP) is 36.7. The van der Waals surface area contributed by atoms with Gasteiger partial charge in [-0.05, 0) is 364 Å². The monoisotopic (exact) mass is 2010 g/mol. The fraction of sp³-hybridized carbons (Fsp3) is 0.500. The number of furan rings is 5. The molecule has 0 amide bonds. The molecule has 8 fully saturated rings. The van der Waals surface area contributed by atoms with Crippen molar-refractivity contribution >= 4 is 150 Å². The lowest BCUT2D eigenvalue weighted by molar-refractivity contribution is 0.170. The summed E-state index contributed by atoms with van der Waals surface area (Å²) in [5.41, 5.74) is 30.3. The molecule has 6 unspecified atom stereocenters. The molecule has 5 saturated heterocycles. The van der Waals surface area contributed by atoms with E-state index in [4.69, 9.17) is 22.1 Å². The molecule has 16 nitrogen and oxygen atoms in total. The van der Waals surface area contributed by atoms with Gasteiger partial charge in [0.15, 0.2) is 27.9 Å². The molecular weight excluding hydrogens is 1840 g/mol. The number of nitrogens with zero attached hydrogens (tertiary/aromatic N) is 11. The van der Waals surface area contributed by atoms with Crippen LogP contribution >= 0.6 is 0 Å². The van der Waals surface area contributed by atoms with E-state index in [1.807, 2.05) is 44.4 Å². The zero-order valence-electron chi connectivity index (χ0n) is 96.0. The Morgan fingerprint density at radius 3 is 0.907 bits per heavy atom.